The molecule has 0 spiro atoms. The van der Waals surface area contributed by atoms with Crippen LogP contribution in [0.4, 0.5) is 0 Å². The Morgan fingerprint density at radius 1 is 1.40 bits per heavy atom. The van der Waals surface area contributed by atoms with Crippen molar-refractivity contribution in [3.05, 3.63) is 45.4 Å². The van der Waals surface area contributed by atoms with Crippen molar-refractivity contribution in [2.45, 2.75) is 46.1 Å². The van der Waals surface area contributed by atoms with Crippen molar-refractivity contribution in [3.8, 4) is 0 Å². The summed E-state index contributed by atoms with van der Waals surface area (Å²) in [5.74, 6) is -0.345. The summed E-state index contributed by atoms with van der Waals surface area (Å²) in [6.07, 6.45) is 6.98. The number of hydrogen-bond acceptors (Lipinski definition) is 3. The summed E-state index contributed by atoms with van der Waals surface area (Å²) in [4.78, 5) is 24.4. The number of carbonyl (C=O) groups is 1. The van der Waals surface area contributed by atoms with Crippen LogP contribution in [0.2, 0.25) is 0 Å². The van der Waals surface area contributed by atoms with Gasteiger partial charge in [-0.25, -0.2) is 4.79 Å². The van der Waals surface area contributed by atoms with E-state index in [1.54, 1.807) is 18.4 Å². The molecule has 1 aromatic rings. The van der Waals surface area contributed by atoms with Crippen LogP contribution in [0.3, 0.4) is 0 Å². The second kappa shape index (κ2) is 6.07. The van der Waals surface area contributed by atoms with Gasteiger partial charge in [-0.2, -0.15) is 0 Å². The van der Waals surface area contributed by atoms with Gasteiger partial charge in [0.05, 0.1) is 12.2 Å². The van der Waals surface area contributed by atoms with Crippen molar-refractivity contribution < 1.29 is 9.53 Å². The summed E-state index contributed by atoms with van der Waals surface area (Å²) in [6, 6.07) is 1.68. The molecule has 0 bridgehead atoms. The highest BCUT2D eigenvalue weighted by atomic mass is 16.5. The van der Waals surface area contributed by atoms with Gasteiger partial charge in [-0.1, -0.05) is 12.2 Å². The third-order valence-corrected chi connectivity index (χ3v) is 3.78. The quantitative estimate of drug-likeness (QED) is 0.629. The van der Waals surface area contributed by atoms with Gasteiger partial charge in [0.2, 0.25) is 0 Å². The van der Waals surface area contributed by atoms with Crippen LogP contribution in [0, 0.1) is 13.8 Å². The van der Waals surface area contributed by atoms with Gasteiger partial charge in [0.15, 0.2) is 0 Å². The van der Waals surface area contributed by atoms with Gasteiger partial charge in [0.1, 0.15) is 0 Å². The van der Waals surface area contributed by atoms with Gasteiger partial charge in [-0.15, -0.1) is 0 Å². The van der Waals surface area contributed by atoms with E-state index in [4.69, 9.17) is 4.74 Å². The van der Waals surface area contributed by atoms with Crippen LogP contribution in [-0.4, -0.2) is 17.1 Å². The topological polar surface area (TPSA) is 48.3 Å². The number of nitrogens with zero attached hydrogens (tertiary/aromatic N) is 1. The first kappa shape index (κ1) is 14.6. The molecule has 1 unspecified atom stereocenters. The summed E-state index contributed by atoms with van der Waals surface area (Å²) in [5, 5.41) is 0. The second-order valence-electron chi connectivity index (χ2n) is 5.15. The molecule has 0 saturated carbocycles. The van der Waals surface area contributed by atoms with E-state index < -0.39 is 0 Å². The molecule has 1 aliphatic rings. The highest BCUT2D eigenvalue weighted by Crippen LogP contribution is 2.25. The first-order chi connectivity index (χ1) is 9.56. The zero-order valence-corrected chi connectivity index (χ0v) is 12.3. The van der Waals surface area contributed by atoms with Crippen molar-refractivity contribution in [2.24, 2.45) is 0 Å². The molecule has 0 saturated heterocycles. The lowest BCUT2D eigenvalue weighted by molar-refractivity contribution is 0.0523. The SMILES string of the molecule is CCOC(=O)c1c(C)cc(=O)n(C2CC=CCC2)c1C. The Morgan fingerprint density at radius 3 is 2.75 bits per heavy atom. The van der Waals surface area contributed by atoms with Crippen molar-refractivity contribution in [3.63, 3.8) is 0 Å². The van der Waals surface area contributed by atoms with Crippen LogP contribution in [0.5, 0.6) is 0 Å². The number of aryl methyl sites for hydroxylation is 1. The summed E-state index contributed by atoms with van der Waals surface area (Å²) in [7, 11) is 0. The van der Waals surface area contributed by atoms with Crippen LogP contribution >= 0.6 is 0 Å². The van der Waals surface area contributed by atoms with E-state index in [9.17, 15) is 9.59 Å². The summed E-state index contributed by atoms with van der Waals surface area (Å²) < 4.78 is 6.86. The van der Waals surface area contributed by atoms with Gasteiger partial charge >= 0.3 is 5.97 Å². The number of hydrogen-bond donors (Lipinski definition) is 0. The Balaban J connectivity index is 2.52. The van der Waals surface area contributed by atoms with E-state index >= 15 is 0 Å². The zero-order chi connectivity index (χ0) is 14.7. The van der Waals surface area contributed by atoms with E-state index in [2.05, 4.69) is 12.2 Å². The molecule has 0 amide bonds. The third-order valence-electron chi connectivity index (χ3n) is 3.78. The van der Waals surface area contributed by atoms with E-state index in [-0.39, 0.29) is 17.6 Å². The number of carbonyl (C=O) groups excluding carboxylic acids is 1. The fraction of sp³-hybridized carbons (Fsp3) is 0.500. The Hall–Kier alpha value is -1.84. The van der Waals surface area contributed by atoms with Crippen molar-refractivity contribution in [1.82, 2.24) is 4.57 Å². The number of allylic oxidation sites excluding steroid dienone is 2. The molecule has 20 heavy (non-hydrogen) atoms. The van der Waals surface area contributed by atoms with Gasteiger partial charge < -0.3 is 9.30 Å². The van der Waals surface area contributed by atoms with Crippen molar-refractivity contribution in [2.75, 3.05) is 6.61 Å². The highest BCUT2D eigenvalue weighted by molar-refractivity contribution is 5.92. The summed E-state index contributed by atoms with van der Waals surface area (Å²) in [6.45, 7) is 5.73. The van der Waals surface area contributed by atoms with Crippen LogP contribution in [0.25, 0.3) is 0 Å². The Kier molecular flexibility index (Phi) is 4.42. The van der Waals surface area contributed by atoms with Crippen molar-refractivity contribution >= 4 is 5.97 Å². The largest absolute Gasteiger partial charge is 0.462 e. The van der Waals surface area contributed by atoms with Crippen LogP contribution in [-0.2, 0) is 4.74 Å². The minimum atomic E-state index is -0.345. The number of ether oxygens (including phenoxy) is 1. The van der Waals surface area contributed by atoms with Gasteiger partial charge in [0.25, 0.3) is 5.56 Å². The molecular weight excluding hydrogens is 254 g/mol. The Labute approximate surface area is 119 Å². The van der Waals surface area contributed by atoms with E-state index in [0.29, 0.717) is 23.4 Å². The lowest BCUT2D eigenvalue weighted by atomic mass is 9.99. The number of aromatic nitrogens is 1. The fourth-order valence-corrected chi connectivity index (χ4v) is 2.88. The molecule has 108 valence electrons. The molecule has 1 aromatic heterocycles. The van der Waals surface area contributed by atoms with Gasteiger partial charge in [0, 0.05) is 17.8 Å². The molecule has 0 N–H and O–H groups in total. The Bertz CT molecular complexity index is 598. The van der Waals surface area contributed by atoms with E-state index in [1.807, 2.05) is 6.92 Å². The van der Waals surface area contributed by atoms with Crippen LogP contribution in [0.15, 0.2) is 23.0 Å². The fourth-order valence-electron chi connectivity index (χ4n) is 2.88. The predicted octanol–water partition coefficient (Wildman–Crippen LogP) is 2.92. The first-order valence-corrected chi connectivity index (χ1v) is 7.11. The molecule has 0 radical (unpaired) electrons. The molecule has 0 fully saturated rings. The minimum Gasteiger partial charge on any atom is -0.462 e. The molecule has 4 heteroatoms. The number of pyridine rings is 1. The second-order valence-corrected chi connectivity index (χ2v) is 5.15. The average Bonchev–Trinajstić information content (AvgIpc) is 2.39. The van der Waals surface area contributed by atoms with Crippen LogP contribution < -0.4 is 5.56 Å². The molecule has 1 heterocycles. The maximum atomic E-state index is 12.3. The smallest absolute Gasteiger partial charge is 0.340 e. The lowest BCUT2D eigenvalue weighted by Gasteiger charge is -2.24. The summed E-state index contributed by atoms with van der Waals surface area (Å²) in [5.41, 5.74) is 1.90. The first-order valence-electron chi connectivity index (χ1n) is 7.11. The number of rotatable bonds is 3. The Morgan fingerprint density at radius 2 is 2.15 bits per heavy atom. The minimum absolute atomic E-state index is 0.0339. The van der Waals surface area contributed by atoms with Gasteiger partial charge in [-0.3, -0.25) is 4.79 Å². The molecule has 4 nitrogen and oxygen atoms in total. The molecule has 1 atom stereocenters. The molecule has 0 aliphatic heterocycles. The maximum absolute atomic E-state index is 12.3. The standard InChI is InChI=1S/C16H21NO3/c1-4-20-16(19)15-11(2)10-14(18)17(12(15)3)13-8-6-5-7-9-13/h5-6,10,13H,4,7-9H2,1-3H3. The molecule has 2 rings (SSSR count). The normalized spacial score (nSPS) is 18.1. The lowest BCUT2D eigenvalue weighted by Crippen LogP contribution is -2.30. The van der Waals surface area contributed by atoms with E-state index in [1.165, 1.54) is 6.07 Å². The third kappa shape index (κ3) is 2.69. The van der Waals surface area contributed by atoms with Gasteiger partial charge in [-0.05, 0) is 45.6 Å². The highest BCUT2D eigenvalue weighted by Gasteiger charge is 2.22. The predicted molar refractivity (Wildman–Crippen MR) is 78.2 cm³/mol. The monoisotopic (exact) mass is 275 g/mol. The van der Waals surface area contributed by atoms with E-state index in [0.717, 1.165) is 19.3 Å². The summed E-state index contributed by atoms with van der Waals surface area (Å²) >= 11 is 0. The van der Waals surface area contributed by atoms with Crippen molar-refractivity contribution in [1.29, 1.82) is 0 Å². The van der Waals surface area contributed by atoms with Crippen LogP contribution in [0.1, 0.15) is 53.8 Å². The maximum Gasteiger partial charge on any atom is 0.340 e. The molecule has 0 aromatic carbocycles. The number of esters is 1. The molecular formula is C16H21NO3. The average molecular weight is 275 g/mol. The molecule has 1 aliphatic carbocycles. The zero-order valence-electron chi connectivity index (χ0n) is 12.3.